The monoisotopic (exact) mass is 149 g/mol. The molecule has 0 unspecified atom stereocenters. The first kappa shape index (κ1) is 8.28. The van der Waals surface area contributed by atoms with E-state index in [-0.39, 0.29) is 0 Å². The second-order valence-electron chi connectivity index (χ2n) is 1.13. The van der Waals surface area contributed by atoms with Crippen molar-refractivity contribution in [2.75, 3.05) is 5.73 Å². The summed E-state index contributed by atoms with van der Waals surface area (Å²) in [6.45, 7) is 0. The second-order valence-corrected chi connectivity index (χ2v) is 1.56. The molecule has 0 saturated carbocycles. The van der Waals surface area contributed by atoms with Gasteiger partial charge in [0, 0.05) is 12.4 Å². The van der Waals surface area contributed by atoms with Crippen LogP contribution in [-0.2, 0) is 0 Å². The van der Waals surface area contributed by atoms with E-state index in [0.29, 0.717) is 5.95 Å². The summed E-state index contributed by atoms with van der Waals surface area (Å²) in [5, 5.41) is 12.0. The van der Waals surface area contributed by atoms with Crippen LogP contribution in [-0.4, -0.2) is 19.5 Å². The molecule has 0 saturated heterocycles. The third-order valence-electron chi connectivity index (χ3n) is 0.649. The van der Waals surface area contributed by atoms with Gasteiger partial charge in [-0.3, -0.25) is 14.5 Å². The van der Waals surface area contributed by atoms with E-state index in [9.17, 15) is 0 Å². The normalized spacial score (nSPS) is 7.89. The zero-order chi connectivity index (χ0) is 7.28. The van der Waals surface area contributed by atoms with Crippen LogP contribution < -0.4 is 5.73 Å². The van der Waals surface area contributed by atoms with Gasteiger partial charge in [0.05, 0.1) is 0 Å². The maximum absolute atomic E-state index is 6.00. The fraction of sp³-hybridized carbons (Fsp3) is 0. The summed E-state index contributed by atoms with van der Waals surface area (Å²) in [4.78, 5) is 3.68. The minimum absolute atomic E-state index is 0.420. The first-order valence-electron chi connectivity index (χ1n) is 1.99. The highest BCUT2D eigenvalue weighted by atomic mass is 32.1. The molecule has 0 aliphatic heterocycles. The summed E-state index contributed by atoms with van der Waals surface area (Å²) >= 11 is 3.88. The van der Waals surface area contributed by atoms with E-state index in [2.05, 4.69) is 17.8 Å². The maximum atomic E-state index is 6.00. The van der Waals surface area contributed by atoms with Crippen LogP contribution in [0.15, 0.2) is 12.4 Å². The lowest BCUT2D eigenvalue weighted by molar-refractivity contribution is -0.176. The molecule has 1 aromatic rings. The van der Waals surface area contributed by atoms with E-state index in [1.165, 1.54) is 3.97 Å². The molecule has 9 heavy (non-hydrogen) atoms. The van der Waals surface area contributed by atoms with Gasteiger partial charge in [-0.1, -0.05) is 12.8 Å². The van der Waals surface area contributed by atoms with Crippen LogP contribution in [0.3, 0.4) is 0 Å². The lowest BCUT2D eigenvalue weighted by Gasteiger charge is -1.85. The van der Waals surface area contributed by atoms with E-state index in [0.717, 1.165) is 0 Å². The van der Waals surface area contributed by atoms with E-state index in [1.807, 2.05) is 0 Å². The topological polar surface area (TPSA) is 84.3 Å². The molecule has 0 aromatic carbocycles. The Balaban J connectivity index is 0.000000291. The second kappa shape index (κ2) is 4.19. The predicted octanol–water partition coefficient (Wildman–Crippen LogP) is 0.176. The molecule has 0 amide bonds. The molecule has 0 aliphatic rings. The summed E-state index contributed by atoms with van der Waals surface area (Å²) in [5.41, 5.74) is 5.22. The number of nitrogens with zero attached hydrogens (tertiary/aromatic N) is 2. The van der Waals surface area contributed by atoms with Crippen molar-refractivity contribution >= 4 is 18.8 Å². The summed E-state index contributed by atoms with van der Waals surface area (Å²) in [6.07, 6.45) is 3.25. The summed E-state index contributed by atoms with van der Waals surface area (Å²) in [7, 11) is 0. The number of nitrogen functional groups attached to an aromatic ring is 1. The SMILES string of the molecule is Nc1nccn1S.OO. The molecule has 6 heteroatoms. The van der Waals surface area contributed by atoms with Crippen LogP contribution in [0.2, 0.25) is 0 Å². The number of hydrogen-bond donors (Lipinski definition) is 4. The fourth-order valence-corrected chi connectivity index (χ4v) is 0.420. The van der Waals surface area contributed by atoms with Gasteiger partial charge < -0.3 is 5.73 Å². The Labute approximate surface area is 57.2 Å². The third kappa shape index (κ3) is 2.36. The molecular weight excluding hydrogens is 142 g/mol. The molecule has 1 aromatic heterocycles. The third-order valence-corrected chi connectivity index (χ3v) is 0.988. The molecule has 4 N–H and O–H groups in total. The van der Waals surface area contributed by atoms with Gasteiger partial charge in [-0.05, 0) is 0 Å². The smallest absolute Gasteiger partial charge is 0.210 e. The molecule has 0 spiro atoms. The first-order chi connectivity index (χ1) is 4.30. The van der Waals surface area contributed by atoms with E-state index in [4.69, 9.17) is 16.2 Å². The molecular formula is C3H7N3O2S. The minimum atomic E-state index is 0.420. The van der Waals surface area contributed by atoms with Gasteiger partial charge in [0.2, 0.25) is 5.95 Å². The molecule has 52 valence electrons. The predicted molar refractivity (Wildman–Crippen MR) is 36.3 cm³/mol. The van der Waals surface area contributed by atoms with Crippen LogP contribution in [0.4, 0.5) is 5.95 Å². The largest absolute Gasteiger partial charge is 0.369 e. The molecule has 0 aliphatic carbocycles. The Hall–Kier alpha value is -0.720. The van der Waals surface area contributed by atoms with Crippen molar-refractivity contribution in [3.05, 3.63) is 12.4 Å². The molecule has 0 fully saturated rings. The number of aromatic nitrogens is 2. The average Bonchev–Trinajstić information content (AvgIpc) is 2.23. The Kier molecular flexibility index (Phi) is 3.85. The van der Waals surface area contributed by atoms with Crippen molar-refractivity contribution in [3.63, 3.8) is 0 Å². The van der Waals surface area contributed by atoms with Gasteiger partial charge in [0.1, 0.15) is 0 Å². The molecule has 1 heterocycles. The summed E-state index contributed by atoms with van der Waals surface area (Å²) < 4.78 is 1.44. The van der Waals surface area contributed by atoms with Gasteiger partial charge in [0.25, 0.3) is 0 Å². The van der Waals surface area contributed by atoms with Crippen LogP contribution in [0, 0.1) is 0 Å². The van der Waals surface area contributed by atoms with Crippen molar-refractivity contribution in [1.29, 1.82) is 0 Å². The number of rotatable bonds is 0. The van der Waals surface area contributed by atoms with Crippen molar-refractivity contribution in [3.8, 4) is 0 Å². The van der Waals surface area contributed by atoms with Gasteiger partial charge in [-0.2, -0.15) is 0 Å². The van der Waals surface area contributed by atoms with Gasteiger partial charge in [-0.15, -0.1) is 0 Å². The molecule has 5 nitrogen and oxygen atoms in total. The lowest BCUT2D eigenvalue weighted by Crippen LogP contribution is -1.90. The Morgan fingerprint density at radius 3 is 2.33 bits per heavy atom. The average molecular weight is 149 g/mol. The van der Waals surface area contributed by atoms with E-state index in [1.54, 1.807) is 12.4 Å². The molecule has 0 bridgehead atoms. The lowest BCUT2D eigenvalue weighted by atomic mass is 11.0. The number of nitrogens with two attached hydrogens (primary N) is 1. The minimum Gasteiger partial charge on any atom is -0.369 e. The van der Waals surface area contributed by atoms with Crippen LogP contribution in [0.1, 0.15) is 0 Å². The maximum Gasteiger partial charge on any atom is 0.210 e. The number of thiol groups is 1. The Bertz CT molecular complexity index is 149. The van der Waals surface area contributed by atoms with E-state index >= 15 is 0 Å². The highest BCUT2D eigenvalue weighted by Crippen LogP contribution is 1.97. The molecule has 1 rings (SSSR count). The van der Waals surface area contributed by atoms with Crippen LogP contribution in [0.25, 0.3) is 0 Å². The number of anilines is 1. The quantitative estimate of drug-likeness (QED) is 0.241. The van der Waals surface area contributed by atoms with Gasteiger partial charge in [0.15, 0.2) is 0 Å². The highest BCUT2D eigenvalue weighted by molar-refractivity contribution is 7.78. The van der Waals surface area contributed by atoms with Crippen LogP contribution >= 0.6 is 12.8 Å². The first-order valence-corrected chi connectivity index (χ1v) is 2.39. The van der Waals surface area contributed by atoms with Crippen LogP contribution in [0.5, 0.6) is 0 Å². The molecule has 0 radical (unpaired) electrons. The highest BCUT2D eigenvalue weighted by Gasteiger charge is 1.85. The Morgan fingerprint density at radius 1 is 1.67 bits per heavy atom. The zero-order valence-corrected chi connectivity index (χ0v) is 5.36. The molecule has 0 atom stereocenters. The summed E-state index contributed by atoms with van der Waals surface area (Å²) in [5.74, 6) is 0.420. The summed E-state index contributed by atoms with van der Waals surface area (Å²) in [6, 6.07) is 0. The number of imidazole rings is 1. The standard InChI is InChI=1S/C3H5N3S.H2O2/c4-3-5-1-2-6(3)7;1-2/h1-2,7H,(H2,4,5);1-2H. The van der Waals surface area contributed by atoms with Crippen molar-refractivity contribution < 1.29 is 10.5 Å². The van der Waals surface area contributed by atoms with Crippen molar-refractivity contribution in [1.82, 2.24) is 8.96 Å². The van der Waals surface area contributed by atoms with E-state index < -0.39 is 0 Å². The fourth-order valence-electron chi connectivity index (χ4n) is 0.308. The zero-order valence-electron chi connectivity index (χ0n) is 4.47. The Morgan fingerprint density at radius 2 is 2.22 bits per heavy atom. The number of hydrogen-bond acceptors (Lipinski definition) is 5. The van der Waals surface area contributed by atoms with Gasteiger partial charge in [-0.25, -0.2) is 4.98 Å². The van der Waals surface area contributed by atoms with Gasteiger partial charge >= 0.3 is 0 Å². The van der Waals surface area contributed by atoms with Crippen molar-refractivity contribution in [2.24, 2.45) is 0 Å². The van der Waals surface area contributed by atoms with Crippen molar-refractivity contribution in [2.45, 2.75) is 0 Å².